The van der Waals surface area contributed by atoms with Crippen LogP contribution in [0.3, 0.4) is 0 Å². The van der Waals surface area contributed by atoms with E-state index in [1.54, 1.807) is 39.0 Å². The lowest BCUT2D eigenvalue weighted by Crippen LogP contribution is -2.37. The smallest absolute Gasteiger partial charge is 0.266 e. The Hall–Kier alpha value is -2.55. The molecular weight excluding hydrogens is 362 g/mol. The van der Waals surface area contributed by atoms with E-state index < -0.39 is 0 Å². The topological polar surface area (TPSA) is 81.7 Å². The van der Waals surface area contributed by atoms with Crippen LogP contribution in [0, 0.1) is 5.92 Å². The molecule has 5 rings (SSSR count). The minimum absolute atomic E-state index is 0.0634. The van der Waals surface area contributed by atoms with Gasteiger partial charge in [-0.1, -0.05) is 11.3 Å². The molecule has 9 heteroatoms. The van der Waals surface area contributed by atoms with E-state index in [9.17, 15) is 4.79 Å². The molecule has 140 valence electrons. The van der Waals surface area contributed by atoms with Crippen LogP contribution in [0.1, 0.15) is 36.6 Å². The molecule has 1 saturated heterocycles. The monoisotopic (exact) mass is 383 g/mol. The number of rotatable bonds is 5. The number of nitrogens with zero attached hydrogens (tertiary/aromatic N) is 7. The molecule has 2 aliphatic rings. The lowest BCUT2D eigenvalue weighted by atomic mass is 9.97. The summed E-state index contributed by atoms with van der Waals surface area (Å²) < 4.78 is 3.25. The molecule has 0 spiro atoms. The highest BCUT2D eigenvalue weighted by Gasteiger charge is 2.29. The average Bonchev–Trinajstić information content (AvgIpc) is 3.19. The second-order valence-corrected chi connectivity index (χ2v) is 8.28. The van der Waals surface area contributed by atoms with Crippen molar-refractivity contribution >= 4 is 16.5 Å². The molecule has 3 aromatic rings. The molecule has 1 aliphatic carbocycles. The summed E-state index contributed by atoms with van der Waals surface area (Å²) in [5, 5.41) is 19.6. The molecule has 0 amide bonds. The van der Waals surface area contributed by atoms with Crippen LogP contribution in [0.4, 0.5) is 5.13 Å². The SMILES string of the molecule is O=c1ccc(-n2cccn2)nn1CC1CCN(c2nnc(C3CC3)s2)CC1. The van der Waals surface area contributed by atoms with Gasteiger partial charge in [-0.05, 0) is 43.7 Å². The predicted molar refractivity (Wildman–Crippen MR) is 102 cm³/mol. The number of piperidine rings is 1. The first-order valence-corrected chi connectivity index (χ1v) is 10.2. The van der Waals surface area contributed by atoms with Crippen molar-refractivity contribution in [3.8, 4) is 5.82 Å². The van der Waals surface area contributed by atoms with Crippen molar-refractivity contribution in [2.24, 2.45) is 5.92 Å². The molecule has 4 heterocycles. The fourth-order valence-corrected chi connectivity index (χ4v) is 4.56. The highest BCUT2D eigenvalue weighted by Crippen LogP contribution is 2.42. The van der Waals surface area contributed by atoms with Gasteiger partial charge in [0.2, 0.25) is 5.13 Å². The summed E-state index contributed by atoms with van der Waals surface area (Å²) in [5.41, 5.74) is -0.0634. The molecule has 2 fully saturated rings. The number of anilines is 1. The maximum absolute atomic E-state index is 12.2. The van der Waals surface area contributed by atoms with E-state index in [0.717, 1.165) is 31.1 Å². The predicted octanol–water partition coefficient (Wildman–Crippen LogP) is 2.07. The minimum Gasteiger partial charge on any atom is -0.347 e. The highest BCUT2D eigenvalue weighted by atomic mass is 32.1. The van der Waals surface area contributed by atoms with E-state index in [2.05, 4.69) is 25.3 Å². The molecule has 0 unspecified atom stereocenters. The van der Waals surface area contributed by atoms with Crippen LogP contribution >= 0.6 is 11.3 Å². The maximum Gasteiger partial charge on any atom is 0.266 e. The van der Waals surface area contributed by atoms with Crippen LogP contribution in [-0.2, 0) is 6.54 Å². The Morgan fingerprint density at radius 1 is 1.11 bits per heavy atom. The van der Waals surface area contributed by atoms with E-state index in [4.69, 9.17) is 0 Å². The molecule has 8 nitrogen and oxygen atoms in total. The van der Waals surface area contributed by atoms with Crippen molar-refractivity contribution in [3.63, 3.8) is 0 Å². The normalized spacial score (nSPS) is 18.1. The zero-order valence-electron chi connectivity index (χ0n) is 14.9. The van der Waals surface area contributed by atoms with E-state index in [0.29, 0.717) is 24.2 Å². The summed E-state index contributed by atoms with van der Waals surface area (Å²) in [5.74, 6) is 1.77. The molecule has 0 N–H and O–H groups in total. The van der Waals surface area contributed by atoms with Gasteiger partial charge in [-0.3, -0.25) is 4.79 Å². The largest absolute Gasteiger partial charge is 0.347 e. The summed E-state index contributed by atoms with van der Waals surface area (Å²) in [6.45, 7) is 2.56. The fraction of sp³-hybridized carbons (Fsp3) is 0.500. The third kappa shape index (κ3) is 3.51. The molecule has 0 radical (unpaired) electrons. The number of hydrogen-bond donors (Lipinski definition) is 0. The van der Waals surface area contributed by atoms with Gasteiger partial charge in [-0.15, -0.1) is 15.3 Å². The average molecular weight is 383 g/mol. The second-order valence-electron chi connectivity index (χ2n) is 7.29. The van der Waals surface area contributed by atoms with Gasteiger partial charge in [0.1, 0.15) is 5.01 Å². The van der Waals surface area contributed by atoms with Gasteiger partial charge in [0.25, 0.3) is 5.56 Å². The van der Waals surface area contributed by atoms with Crippen LogP contribution in [-0.4, -0.2) is 42.8 Å². The second kappa shape index (κ2) is 6.88. The van der Waals surface area contributed by atoms with Crippen molar-refractivity contribution in [3.05, 3.63) is 46.0 Å². The molecule has 1 saturated carbocycles. The molecule has 1 aliphatic heterocycles. The molecular formula is C18H21N7OS. The van der Waals surface area contributed by atoms with Crippen LogP contribution in [0.2, 0.25) is 0 Å². The number of aromatic nitrogens is 6. The Kier molecular flexibility index (Phi) is 4.23. The molecule has 0 atom stereocenters. The Morgan fingerprint density at radius 2 is 1.96 bits per heavy atom. The Morgan fingerprint density at radius 3 is 2.70 bits per heavy atom. The highest BCUT2D eigenvalue weighted by molar-refractivity contribution is 7.15. The van der Waals surface area contributed by atoms with Crippen molar-refractivity contribution in [1.82, 2.24) is 29.8 Å². The van der Waals surface area contributed by atoms with Gasteiger partial charge in [0.05, 0.1) is 0 Å². The van der Waals surface area contributed by atoms with Gasteiger partial charge in [0.15, 0.2) is 5.82 Å². The number of hydrogen-bond acceptors (Lipinski definition) is 7. The van der Waals surface area contributed by atoms with Crippen molar-refractivity contribution < 1.29 is 0 Å². The maximum atomic E-state index is 12.2. The summed E-state index contributed by atoms with van der Waals surface area (Å²) in [6, 6.07) is 5.12. The first kappa shape index (κ1) is 16.6. The van der Waals surface area contributed by atoms with E-state index in [1.807, 2.05) is 12.3 Å². The first-order chi connectivity index (χ1) is 13.3. The standard InChI is InChI=1S/C18H21N7OS/c26-16-5-4-15(24-9-1-8-19-24)22-25(16)12-13-6-10-23(11-7-13)18-21-20-17(27-18)14-2-3-14/h1,4-5,8-9,13-14H,2-3,6-7,10-12H2. The third-order valence-electron chi connectivity index (χ3n) is 5.26. The van der Waals surface area contributed by atoms with Crippen LogP contribution in [0.15, 0.2) is 35.4 Å². The van der Waals surface area contributed by atoms with Gasteiger partial charge in [-0.25, -0.2) is 9.36 Å². The lowest BCUT2D eigenvalue weighted by Gasteiger charge is -2.31. The summed E-state index contributed by atoms with van der Waals surface area (Å²) >= 11 is 1.74. The molecule has 3 aromatic heterocycles. The van der Waals surface area contributed by atoms with Gasteiger partial charge in [0, 0.05) is 44.0 Å². The Balaban J connectivity index is 1.23. The van der Waals surface area contributed by atoms with E-state index in [1.165, 1.54) is 17.8 Å². The quantitative estimate of drug-likeness (QED) is 0.671. The van der Waals surface area contributed by atoms with Crippen LogP contribution in [0.5, 0.6) is 0 Å². The van der Waals surface area contributed by atoms with Crippen LogP contribution in [0.25, 0.3) is 5.82 Å². The van der Waals surface area contributed by atoms with Crippen molar-refractivity contribution in [2.75, 3.05) is 18.0 Å². The van der Waals surface area contributed by atoms with E-state index >= 15 is 0 Å². The van der Waals surface area contributed by atoms with Crippen molar-refractivity contribution in [1.29, 1.82) is 0 Å². The summed E-state index contributed by atoms with van der Waals surface area (Å²) in [7, 11) is 0. The van der Waals surface area contributed by atoms with Crippen molar-refractivity contribution in [2.45, 2.75) is 38.1 Å². The zero-order valence-corrected chi connectivity index (χ0v) is 15.8. The van der Waals surface area contributed by atoms with Gasteiger partial charge < -0.3 is 4.90 Å². The Labute approximate surface area is 160 Å². The van der Waals surface area contributed by atoms with E-state index in [-0.39, 0.29) is 5.56 Å². The summed E-state index contributed by atoms with van der Waals surface area (Å²) in [6.07, 6.45) is 8.10. The first-order valence-electron chi connectivity index (χ1n) is 9.43. The van der Waals surface area contributed by atoms with Crippen LogP contribution < -0.4 is 10.5 Å². The Bertz CT molecular complexity index is 968. The molecule has 27 heavy (non-hydrogen) atoms. The zero-order chi connectivity index (χ0) is 18.2. The third-order valence-corrected chi connectivity index (χ3v) is 6.41. The fourth-order valence-electron chi connectivity index (χ4n) is 3.50. The summed E-state index contributed by atoms with van der Waals surface area (Å²) in [4.78, 5) is 14.5. The lowest BCUT2D eigenvalue weighted by molar-refractivity contribution is 0.334. The molecule has 0 bridgehead atoms. The molecule has 0 aromatic carbocycles. The van der Waals surface area contributed by atoms with Gasteiger partial charge >= 0.3 is 0 Å². The van der Waals surface area contributed by atoms with Gasteiger partial charge in [-0.2, -0.15) is 5.10 Å². The minimum atomic E-state index is -0.0634.